The average Bonchev–Trinajstić information content (AvgIpc) is 2.24. The van der Waals surface area contributed by atoms with Crippen molar-refractivity contribution in [3.63, 3.8) is 0 Å². The van der Waals surface area contributed by atoms with Gasteiger partial charge in [0.1, 0.15) is 0 Å². The molecule has 0 saturated carbocycles. The summed E-state index contributed by atoms with van der Waals surface area (Å²) < 4.78 is 0. The second kappa shape index (κ2) is 9.37. The van der Waals surface area contributed by atoms with Crippen molar-refractivity contribution in [1.29, 1.82) is 0 Å². The van der Waals surface area contributed by atoms with Crippen molar-refractivity contribution in [3.8, 4) is 0 Å². The van der Waals surface area contributed by atoms with E-state index in [1.807, 2.05) is 0 Å². The van der Waals surface area contributed by atoms with E-state index < -0.39 is 5.97 Å². The topological polar surface area (TPSA) is 57.5 Å². The minimum absolute atomic E-state index is 0.0252. The third kappa shape index (κ3) is 10.6. The van der Waals surface area contributed by atoms with Crippen LogP contribution < -0.4 is 0 Å². The fraction of sp³-hybridized carbons (Fsp3) is 0.933. The van der Waals surface area contributed by atoms with E-state index in [1.54, 1.807) is 0 Å². The standard InChI is InChI=1S/C15H30O3/c1-15(2,3)11-8-6-4-5-7-9-13(10-12-16)14(17)18/h13,16H,4-12H2,1-3H3,(H,17,18). The lowest BCUT2D eigenvalue weighted by Gasteiger charge is -2.17. The summed E-state index contributed by atoms with van der Waals surface area (Å²) in [5.41, 5.74) is 0.426. The Morgan fingerprint density at radius 2 is 1.56 bits per heavy atom. The Morgan fingerprint density at radius 1 is 1.00 bits per heavy atom. The molecule has 3 nitrogen and oxygen atoms in total. The van der Waals surface area contributed by atoms with Crippen LogP contribution in [0.5, 0.6) is 0 Å². The fourth-order valence-electron chi connectivity index (χ4n) is 2.12. The Labute approximate surface area is 112 Å². The second-order valence-corrected chi connectivity index (χ2v) is 6.41. The van der Waals surface area contributed by atoms with Gasteiger partial charge in [0, 0.05) is 6.61 Å². The van der Waals surface area contributed by atoms with Crippen molar-refractivity contribution in [3.05, 3.63) is 0 Å². The smallest absolute Gasteiger partial charge is 0.306 e. The molecule has 0 spiro atoms. The van der Waals surface area contributed by atoms with E-state index in [4.69, 9.17) is 10.2 Å². The van der Waals surface area contributed by atoms with E-state index in [-0.39, 0.29) is 12.5 Å². The molecule has 0 aromatic carbocycles. The molecule has 0 rings (SSSR count). The van der Waals surface area contributed by atoms with Gasteiger partial charge in [0.25, 0.3) is 0 Å². The zero-order valence-corrected chi connectivity index (χ0v) is 12.2. The quantitative estimate of drug-likeness (QED) is 0.585. The average molecular weight is 258 g/mol. The summed E-state index contributed by atoms with van der Waals surface area (Å²) >= 11 is 0. The summed E-state index contributed by atoms with van der Waals surface area (Å²) in [6, 6.07) is 0. The Morgan fingerprint density at radius 3 is 2.06 bits per heavy atom. The Bertz CT molecular complexity index is 218. The molecular weight excluding hydrogens is 228 g/mol. The van der Waals surface area contributed by atoms with Gasteiger partial charge in [0.2, 0.25) is 0 Å². The van der Waals surface area contributed by atoms with Gasteiger partial charge in [-0.3, -0.25) is 4.79 Å². The van der Waals surface area contributed by atoms with Gasteiger partial charge in [-0.25, -0.2) is 0 Å². The highest BCUT2D eigenvalue weighted by atomic mass is 16.4. The zero-order chi connectivity index (χ0) is 14.0. The number of aliphatic carboxylic acids is 1. The molecule has 1 atom stereocenters. The molecule has 0 aliphatic carbocycles. The van der Waals surface area contributed by atoms with Gasteiger partial charge in [0.15, 0.2) is 0 Å². The first-order valence-corrected chi connectivity index (χ1v) is 7.20. The first kappa shape index (κ1) is 17.4. The molecular formula is C15H30O3. The summed E-state index contributed by atoms with van der Waals surface area (Å²) in [6.07, 6.45) is 8.13. The summed E-state index contributed by atoms with van der Waals surface area (Å²) in [7, 11) is 0. The number of aliphatic hydroxyl groups is 1. The maximum Gasteiger partial charge on any atom is 0.306 e. The lowest BCUT2D eigenvalue weighted by atomic mass is 9.89. The Balaban J connectivity index is 3.46. The first-order valence-electron chi connectivity index (χ1n) is 7.20. The van der Waals surface area contributed by atoms with E-state index in [1.165, 1.54) is 25.7 Å². The Kier molecular flexibility index (Phi) is 9.08. The number of carboxylic acids is 1. The van der Waals surface area contributed by atoms with Crippen LogP contribution in [0.3, 0.4) is 0 Å². The number of unbranched alkanes of at least 4 members (excludes halogenated alkanes) is 4. The van der Waals surface area contributed by atoms with Crippen LogP contribution in [-0.2, 0) is 4.79 Å². The van der Waals surface area contributed by atoms with E-state index >= 15 is 0 Å². The van der Waals surface area contributed by atoms with Gasteiger partial charge < -0.3 is 10.2 Å². The summed E-state index contributed by atoms with van der Waals surface area (Å²) in [5.74, 6) is -1.12. The van der Waals surface area contributed by atoms with Crippen LogP contribution in [0.15, 0.2) is 0 Å². The monoisotopic (exact) mass is 258 g/mol. The van der Waals surface area contributed by atoms with Gasteiger partial charge in [0.05, 0.1) is 5.92 Å². The SMILES string of the molecule is CC(C)(C)CCCCCCCC(CCO)C(=O)O. The number of carbonyl (C=O) groups is 1. The minimum Gasteiger partial charge on any atom is -0.481 e. The van der Waals surface area contributed by atoms with Crippen molar-refractivity contribution in [2.75, 3.05) is 6.61 Å². The van der Waals surface area contributed by atoms with Crippen molar-refractivity contribution >= 4 is 5.97 Å². The molecule has 0 fully saturated rings. The van der Waals surface area contributed by atoms with Crippen LogP contribution in [0, 0.1) is 11.3 Å². The van der Waals surface area contributed by atoms with Gasteiger partial charge in [-0.1, -0.05) is 52.9 Å². The summed E-state index contributed by atoms with van der Waals surface area (Å²) in [4.78, 5) is 10.9. The minimum atomic E-state index is -0.767. The Hall–Kier alpha value is -0.570. The molecule has 108 valence electrons. The highest BCUT2D eigenvalue weighted by molar-refractivity contribution is 5.69. The normalized spacial score (nSPS) is 13.6. The highest BCUT2D eigenvalue weighted by Gasteiger charge is 2.15. The van der Waals surface area contributed by atoms with Crippen LogP contribution in [0.1, 0.15) is 72.1 Å². The largest absolute Gasteiger partial charge is 0.481 e. The van der Waals surface area contributed by atoms with Crippen LogP contribution in [0.25, 0.3) is 0 Å². The van der Waals surface area contributed by atoms with Gasteiger partial charge in [-0.2, -0.15) is 0 Å². The molecule has 2 N–H and O–H groups in total. The number of hydrogen-bond acceptors (Lipinski definition) is 2. The van der Waals surface area contributed by atoms with E-state index in [0.717, 1.165) is 12.8 Å². The maximum atomic E-state index is 10.9. The van der Waals surface area contributed by atoms with Crippen LogP contribution >= 0.6 is 0 Å². The zero-order valence-electron chi connectivity index (χ0n) is 12.2. The van der Waals surface area contributed by atoms with Crippen molar-refractivity contribution in [2.45, 2.75) is 72.1 Å². The molecule has 0 aromatic heterocycles. The van der Waals surface area contributed by atoms with E-state index in [0.29, 0.717) is 18.3 Å². The summed E-state index contributed by atoms with van der Waals surface area (Å²) in [5, 5.41) is 17.7. The molecule has 0 saturated heterocycles. The van der Waals surface area contributed by atoms with Crippen LogP contribution in [0.4, 0.5) is 0 Å². The molecule has 0 aliphatic rings. The number of carboxylic acid groups (broad SMARTS) is 1. The van der Waals surface area contributed by atoms with Crippen LogP contribution in [0.2, 0.25) is 0 Å². The van der Waals surface area contributed by atoms with Crippen molar-refractivity contribution in [2.24, 2.45) is 11.3 Å². The summed E-state index contributed by atoms with van der Waals surface area (Å²) in [6.45, 7) is 6.76. The van der Waals surface area contributed by atoms with Gasteiger partial charge in [-0.15, -0.1) is 0 Å². The van der Waals surface area contributed by atoms with Crippen LogP contribution in [-0.4, -0.2) is 22.8 Å². The fourth-order valence-corrected chi connectivity index (χ4v) is 2.12. The third-order valence-corrected chi connectivity index (χ3v) is 3.31. The number of aliphatic hydroxyl groups excluding tert-OH is 1. The van der Waals surface area contributed by atoms with Crippen molar-refractivity contribution < 1.29 is 15.0 Å². The molecule has 0 amide bonds. The van der Waals surface area contributed by atoms with Gasteiger partial charge >= 0.3 is 5.97 Å². The third-order valence-electron chi connectivity index (χ3n) is 3.31. The predicted molar refractivity (Wildman–Crippen MR) is 74.6 cm³/mol. The molecule has 1 unspecified atom stereocenters. The first-order chi connectivity index (χ1) is 8.37. The maximum absolute atomic E-state index is 10.9. The van der Waals surface area contributed by atoms with Gasteiger partial charge in [-0.05, 0) is 24.7 Å². The molecule has 0 bridgehead atoms. The molecule has 0 aromatic rings. The second-order valence-electron chi connectivity index (χ2n) is 6.41. The van der Waals surface area contributed by atoms with Crippen molar-refractivity contribution in [1.82, 2.24) is 0 Å². The number of hydrogen-bond donors (Lipinski definition) is 2. The number of rotatable bonds is 10. The predicted octanol–water partition coefficient (Wildman–Crippen LogP) is 3.85. The lowest BCUT2D eigenvalue weighted by Crippen LogP contribution is -2.15. The molecule has 0 radical (unpaired) electrons. The van der Waals surface area contributed by atoms with E-state index in [9.17, 15) is 4.79 Å². The molecule has 0 heterocycles. The highest BCUT2D eigenvalue weighted by Crippen LogP contribution is 2.23. The molecule has 3 heteroatoms. The molecule has 18 heavy (non-hydrogen) atoms. The molecule has 0 aliphatic heterocycles. The van der Waals surface area contributed by atoms with E-state index in [2.05, 4.69) is 20.8 Å². The lowest BCUT2D eigenvalue weighted by molar-refractivity contribution is -0.142.